The number of carboxylic acid groups (broad SMARTS) is 1. The molecule has 0 bridgehead atoms. The number of hydrogen-bond acceptors (Lipinski definition) is 5. The van der Waals surface area contributed by atoms with Gasteiger partial charge in [-0.2, -0.15) is 5.10 Å². The van der Waals surface area contributed by atoms with Gasteiger partial charge in [0.25, 0.3) is 0 Å². The van der Waals surface area contributed by atoms with E-state index in [4.69, 9.17) is 5.11 Å². The molecule has 7 nitrogen and oxygen atoms in total. The maximum absolute atomic E-state index is 12.8. The molecule has 0 saturated carbocycles. The Kier molecular flexibility index (Phi) is 5.03. The predicted octanol–water partition coefficient (Wildman–Crippen LogP) is 3.48. The maximum Gasteiger partial charge on any atom is 0.303 e. The van der Waals surface area contributed by atoms with Gasteiger partial charge in [-0.25, -0.2) is 5.01 Å². The van der Waals surface area contributed by atoms with E-state index in [-0.39, 0.29) is 24.8 Å². The van der Waals surface area contributed by atoms with E-state index in [0.29, 0.717) is 6.42 Å². The number of hydrogen-bond donors (Lipinski definition) is 1. The number of benzene rings is 2. The van der Waals surface area contributed by atoms with E-state index >= 15 is 0 Å². The monoisotopic (exact) mass is 388 g/mol. The molecule has 1 atom stereocenters. The van der Waals surface area contributed by atoms with Crippen LogP contribution in [0, 0.1) is 6.92 Å². The van der Waals surface area contributed by atoms with E-state index in [2.05, 4.69) is 15.1 Å². The van der Waals surface area contributed by atoms with Crippen LogP contribution in [0.5, 0.6) is 0 Å². The summed E-state index contributed by atoms with van der Waals surface area (Å²) in [6, 6.07) is 13.4. The second-order valence-electron chi connectivity index (χ2n) is 7.07. The number of aromatic nitrogens is 2. The highest BCUT2D eigenvalue weighted by Gasteiger charge is 2.33. The summed E-state index contributed by atoms with van der Waals surface area (Å²) < 4.78 is 0. The molecular formula is C22H20N4O3. The van der Waals surface area contributed by atoms with Crippen molar-refractivity contribution in [3.05, 3.63) is 71.5 Å². The number of amides is 1. The number of carboxylic acids is 1. The van der Waals surface area contributed by atoms with Crippen molar-refractivity contribution >= 4 is 28.6 Å². The van der Waals surface area contributed by atoms with Gasteiger partial charge in [-0.05, 0) is 30.2 Å². The van der Waals surface area contributed by atoms with E-state index in [1.165, 1.54) is 5.01 Å². The third-order valence-corrected chi connectivity index (χ3v) is 4.95. The summed E-state index contributed by atoms with van der Waals surface area (Å²) >= 11 is 0. The normalized spacial score (nSPS) is 16.1. The molecule has 0 aliphatic carbocycles. The van der Waals surface area contributed by atoms with E-state index < -0.39 is 5.97 Å². The van der Waals surface area contributed by atoms with Crippen molar-refractivity contribution < 1.29 is 14.7 Å². The quantitative estimate of drug-likeness (QED) is 0.722. The zero-order valence-corrected chi connectivity index (χ0v) is 15.9. The first kappa shape index (κ1) is 18.7. The Morgan fingerprint density at radius 2 is 1.86 bits per heavy atom. The first-order valence-corrected chi connectivity index (χ1v) is 9.40. The fourth-order valence-corrected chi connectivity index (χ4v) is 3.51. The van der Waals surface area contributed by atoms with Crippen molar-refractivity contribution in [2.75, 3.05) is 0 Å². The molecule has 0 radical (unpaired) electrons. The van der Waals surface area contributed by atoms with Gasteiger partial charge in [0.05, 0.1) is 29.2 Å². The average Bonchev–Trinajstić information content (AvgIpc) is 3.17. The second kappa shape index (κ2) is 7.79. The maximum atomic E-state index is 12.8. The minimum absolute atomic E-state index is 0.0934. The molecule has 1 aromatic heterocycles. The summed E-state index contributed by atoms with van der Waals surface area (Å²) in [6.07, 6.45) is 3.50. The van der Waals surface area contributed by atoms with Gasteiger partial charge in [0.15, 0.2) is 0 Å². The van der Waals surface area contributed by atoms with Gasteiger partial charge in [-0.15, -0.1) is 0 Å². The van der Waals surface area contributed by atoms with Gasteiger partial charge in [-0.1, -0.05) is 35.9 Å². The van der Waals surface area contributed by atoms with E-state index in [1.54, 1.807) is 12.4 Å². The molecule has 7 heteroatoms. The number of carbonyl (C=O) groups is 2. The largest absolute Gasteiger partial charge is 0.481 e. The molecule has 2 heterocycles. The van der Waals surface area contributed by atoms with Crippen LogP contribution >= 0.6 is 0 Å². The number of hydrazone groups is 1. The molecule has 0 fully saturated rings. The van der Waals surface area contributed by atoms with Crippen molar-refractivity contribution in [3.8, 4) is 0 Å². The van der Waals surface area contributed by atoms with Crippen LogP contribution in [0.25, 0.3) is 11.0 Å². The Bertz CT molecular complexity index is 1130. The van der Waals surface area contributed by atoms with Gasteiger partial charge < -0.3 is 5.11 Å². The molecule has 1 amide bonds. The van der Waals surface area contributed by atoms with Gasteiger partial charge >= 0.3 is 5.97 Å². The molecule has 0 spiro atoms. The number of carbonyl (C=O) groups excluding carboxylic acids is 1. The molecule has 0 unspecified atom stereocenters. The van der Waals surface area contributed by atoms with E-state index in [9.17, 15) is 9.59 Å². The smallest absolute Gasteiger partial charge is 0.303 e. The molecule has 1 aliphatic rings. The third-order valence-electron chi connectivity index (χ3n) is 4.95. The molecule has 1 aliphatic heterocycles. The van der Waals surface area contributed by atoms with Crippen LogP contribution in [0.3, 0.4) is 0 Å². The number of fused-ring (bicyclic) bond motifs is 1. The number of rotatable bonds is 5. The van der Waals surface area contributed by atoms with E-state index in [0.717, 1.165) is 33.4 Å². The summed E-state index contributed by atoms with van der Waals surface area (Å²) in [5, 5.41) is 15.0. The van der Waals surface area contributed by atoms with Gasteiger partial charge in [0.2, 0.25) is 5.91 Å². The molecule has 4 rings (SSSR count). The van der Waals surface area contributed by atoms with Crippen LogP contribution in [0.1, 0.15) is 42.0 Å². The Hall–Kier alpha value is -3.61. The average molecular weight is 388 g/mol. The van der Waals surface area contributed by atoms with Crippen LogP contribution in [0.15, 0.2) is 60.0 Å². The molecular weight excluding hydrogens is 368 g/mol. The summed E-state index contributed by atoms with van der Waals surface area (Å²) in [5.74, 6) is -1.31. The lowest BCUT2D eigenvalue weighted by atomic mass is 9.97. The summed E-state index contributed by atoms with van der Waals surface area (Å²) in [5.41, 5.74) is 5.29. The van der Waals surface area contributed by atoms with Crippen molar-refractivity contribution in [1.82, 2.24) is 15.0 Å². The Labute approximate surface area is 167 Å². The highest BCUT2D eigenvalue weighted by atomic mass is 16.4. The van der Waals surface area contributed by atoms with Crippen molar-refractivity contribution in [3.63, 3.8) is 0 Å². The molecule has 2 aromatic carbocycles. The zero-order valence-electron chi connectivity index (χ0n) is 15.9. The lowest BCUT2D eigenvalue weighted by molar-refractivity contribution is -0.141. The highest BCUT2D eigenvalue weighted by molar-refractivity contribution is 6.03. The Morgan fingerprint density at radius 1 is 1.07 bits per heavy atom. The Morgan fingerprint density at radius 3 is 2.62 bits per heavy atom. The predicted molar refractivity (Wildman–Crippen MR) is 108 cm³/mol. The van der Waals surface area contributed by atoms with E-state index in [1.807, 2.05) is 49.4 Å². The summed E-state index contributed by atoms with van der Waals surface area (Å²) in [6.45, 7) is 2.01. The van der Waals surface area contributed by atoms with Crippen LogP contribution in [-0.4, -0.2) is 37.7 Å². The topological polar surface area (TPSA) is 95.8 Å². The summed E-state index contributed by atoms with van der Waals surface area (Å²) in [7, 11) is 0. The zero-order chi connectivity index (χ0) is 20.4. The first-order chi connectivity index (χ1) is 14.0. The van der Waals surface area contributed by atoms with Crippen molar-refractivity contribution in [2.24, 2.45) is 5.10 Å². The second-order valence-corrected chi connectivity index (χ2v) is 7.07. The highest BCUT2D eigenvalue weighted by Crippen LogP contribution is 2.34. The molecule has 29 heavy (non-hydrogen) atoms. The van der Waals surface area contributed by atoms with Crippen LogP contribution < -0.4 is 0 Å². The number of aryl methyl sites for hydroxylation is 1. The van der Waals surface area contributed by atoms with Crippen molar-refractivity contribution in [2.45, 2.75) is 32.2 Å². The molecule has 3 aromatic rings. The fraction of sp³-hybridized carbons (Fsp3) is 0.227. The molecule has 0 saturated heterocycles. The fourth-order valence-electron chi connectivity index (χ4n) is 3.51. The number of aliphatic carboxylic acids is 1. The third kappa shape index (κ3) is 3.99. The van der Waals surface area contributed by atoms with Crippen LogP contribution in [0.4, 0.5) is 0 Å². The minimum Gasteiger partial charge on any atom is -0.481 e. The first-order valence-electron chi connectivity index (χ1n) is 9.40. The van der Waals surface area contributed by atoms with Gasteiger partial charge in [0.1, 0.15) is 0 Å². The Balaban J connectivity index is 1.70. The van der Waals surface area contributed by atoms with Gasteiger partial charge in [0, 0.05) is 25.2 Å². The molecule has 146 valence electrons. The lowest BCUT2D eigenvalue weighted by Gasteiger charge is -2.22. The minimum atomic E-state index is -1.00. The van der Waals surface area contributed by atoms with Crippen molar-refractivity contribution in [1.29, 1.82) is 0 Å². The SMILES string of the molecule is Cc1cccc(C2=NN(C(=O)CCC(=O)O)[C@@H](c3ccc4nccnc4c3)C2)c1. The van der Waals surface area contributed by atoms with Crippen LogP contribution in [0.2, 0.25) is 0 Å². The standard InChI is InChI=1S/C22H20N4O3/c1-14-3-2-4-15(11-14)18-13-20(26(25-18)21(27)7-8-22(28)29)16-5-6-17-19(12-16)24-10-9-23-17/h2-6,9-12,20H,7-8,13H2,1H3,(H,28,29)/t20-/m1/s1. The number of nitrogens with zero attached hydrogens (tertiary/aromatic N) is 4. The molecule has 1 N–H and O–H groups in total. The van der Waals surface area contributed by atoms with Crippen LogP contribution in [-0.2, 0) is 9.59 Å². The van der Waals surface area contributed by atoms with Gasteiger partial charge in [-0.3, -0.25) is 19.6 Å². The summed E-state index contributed by atoms with van der Waals surface area (Å²) in [4.78, 5) is 32.3. The lowest BCUT2D eigenvalue weighted by Crippen LogP contribution is -2.27.